The summed E-state index contributed by atoms with van der Waals surface area (Å²) in [6.07, 6.45) is 2.50. The van der Waals surface area contributed by atoms with Crippen molar-refractivity contribution in [2.45, 2.75) is 31.4 Å². The Hall–Kier alpha value is -2.51. The zero-order valence-corrected chi connectivity index (χ0v) is 17.8. The van der Waals surface area contributed by atoms with Gasteiger partial charge in [-0.2, -0.15) is 0 Å². The third-order valence-corrected chi connectivity index (χ3v) is 5.47. The van der Waals surface area contributed by atoms with E-state index in [1.807, 2.05) is 43.3 Å². The van der Waals surface area contributed by atoms with Crippen LogP contribution in [0.2, 0.25) is 5.02 Å². The van der Waals surface area contributed by atoms with E-state index in [2.05, 4.69) is 15.5 Å². The number of aromatic nitrogens is 2. The van der Waals surface area contributed by atoms with Crippen molar-refractivity contribution in [3.63, 3.8) is 0 Å². The summed E-state index contributed by atoms with van der Waals surface area (Å²) in [5.41, 5.74) is 2.85. The minimum absolute atomic E-state index is 0.158. The van der Waals surface area contributed by atoms with Crippen LogP contribution in [0.1, 0.15) is 23.4 Å². The van der Waals surface area contributed by atoms with E-state index >= 15 is 0 Å². The topological polar surface area (TPSA) is 77.2 Å². The Morgan fingerprint density at radius 1 is 1.17 bits per heavy atom. The van der Waals surface area contributed by atoms with Gasteiger partial charge in [-0.25, -0.2) is 0 Å². The van der Waals surface area contributed by atoms with Crippen LogP contribution < -0.4 is 10.1 Å². The van der Waals surface area contributed by atoms with Crippen molar-refractivity contribution in [2.75, 3.05) is 18.2 Å². The Bertz CT molecular complexity index is 960. The molecular weight excluding hydrogens is 410 g/mol. The normalized spacial score (nSPS) is 10.7. The molecule has 8 heteroatoms. The molecule has 0 aliphatic rings. The number of amides is 1. The van der Waals surface area contributed by atoms with Gasteiger partial charge >= 0.3 is 0 Å². The van der Waals surface area contributed by atoms with Crippen LogP contribution in [0.5, 0.6) is 5.75 Å². The molecule has 0 spiro atoms. The summed E-state index contributed by atoms with van der Waals surface area (Å²) in [5.74, 6) is 1.45. The molecule has 0 saturated carbocycles. The SMILES string of the molecule is COc1ccc(CCCc2nnc(SCC(=O)Nc3ccc(C)c(Cl)c3)o2)cc1. The van der Waals surface area contributed by atoms with E-state index in [1.54, 1.807) is 13.2 Å². The standard InChI is InChI=1S/C21H22ClN3O3S/c1-14-6-9-16(12-18(14)22)23-19(26)13-29-21-25-24-20(28-21)5-3-4-15-7-10-17(27-2)11-8-15/h6-12H,3-5,13H2,1-2H3,(H,23,26). The second-order valence-electron chi connectivity index (χ2n) is 6.46. The smallest absolute Gasteiger partial charge is 0.277 e. The number of methoxy groups -OCH3 is 1. The second kappa shape index (κ2) is 10.3. The molecule has 0 aliphatic carbocycles. The minimum atomic E-state index is -0.158. The van der Waals surface area contributed by atoms with Gasteiger partial charge in [0.15, 0.2) is 0 Å². The first-order valence-corrected chi connectivity index (χ1v) is 10.5. The number of nitrogens with zero attached hydrogens (tertiary/aromatic N) is 2. The number of thioether (sulfide) groups is 1. The van der Waals surface area contributed by atoms with E-state index in [9.17, 15) is 4.79 Å². The largest absolute Gasteiger partial charge is 0.497 e. The molecule has 0 bridgehead atoms. The van der Waals surface area contributed by atoms with E-state index < -0.39 is 0 Å². The third-order valence-electron chi connectivity index (χ3n) is 4.25. The average molecular weight is 432 g/mol. The quantitative estimate of drug-likeness (QED) is 0.483. The van der Waals surface area contributed by atoms with Gasteiger partial charge in [-0.05, 0) is 55.2 Å². The molecule has 0 fully saturated rings. The second-order valence-corrected chi connectivity index (χ2v) is 7.80. The van der Waals surface area contributed by atoms with Gasteiger partial charge in [0.05, 0.1) is 12.9 Å². The highest BCUT2D eigenvalue weighted by Crippen LogP contribution is 2.21. The van der Waals surface area contributed by atoms with Crippen LogP contribution in [0.4, 0.5) is 5.69 Å². The molecule has 0 aliphatic heterocycles. The fourth-order valence-corrected chi connectivity index (χ4v) is 3.39. The fraction of sp³-hybridized carbons (Fsp3) is 0.286. The lowest BCUT2D eigenvalue weighted by atomic mass is 10.1. The number of nitrogens with one attached hydrogen (secondary N) is 1. The molecule has 1 amide bonds. The summed E-state index contributed by atoms with van der Waals surface area (Å²) in [7, 11) is 1.65. The molecule has 0 unspecified atom stereocenters. The molecule has 3 aromatic rings. The molecule has 0 atom stereocenters. The third kappa shape index (κ3) is 6.51. The zero-order chi connectivity index (χ0) is 20.6. The van der Waals surface area contributed by atoms with Gasteiger partial charge in [0.1, 0.15) is 5.75 Å². The zero-order valence-electron chi connectivity index (χ0n) is 16.3. The van der Waals surface area contributed by atoms with Gasteiger partial charge in [-0.1, -0.05) is 41.6 Å². The lowest BCUT2D eigenvalue weighted by Crippen LogP contribution is -2.14. The maximum atomic E-state index is 12.1. The number of halogens is 1. The van der Waals surface area contributed by atoms with Gasteiger partial charge in [0.25, 0.3) is 5.22 Å². The van der Waals surface area contributed by atoms with Crippen molar-refractivity contribution >= 4 is 35.0 Å². The van der Waals surface area contributed by atoms with Crippen molar-refractivity contribution in [3.8, 4) is 5.75 Å². The molecule has 152 valence electrons. The first kappa shape index (κ1) is 21.2. The summed E-state index contributed by atoms with van der Waals surface area (Å²) >= 11 is 7.28. The number of carbonyl (C=O) groups excluding carboxylic acids is 1. The molecule has 6 nitrogen and oxygen atoms in total. The van der Waals surface area contributed by atoms with Crippen molar-refractivity contribution in [3.05, 3.63) is 64.5 Å². The number of rotatable bonds is 9. The van der Waals surface area contributed by atoms with Gasteiger partial charge in [-0.3, -0.25) is 4.79 Å². The van der Waals surface area contributed by atoms with Crippen LogP contribution >= 0.6 is 23.4 Å². The van der Waals surface area contributed by atoms with Gasteiger partial charge in [-0.15, -0.1) is 10.2 Å². The number of carbonyl (C=O) groups is 1. The predicted molar refractivity (Wildman–Crippen MR) is 115 cm³/mol. The van der Waals surface area contributed by atoms with Crippen LogP contribution in [0.15, 0.2) is 52.1 Å². The van der Waals surface area contributed by atoms with Crippen LogP contribution in [-0.2, 0) is 17.6 Å². The molecule has 0 radical (unpaired) electrons. The van der Waals surface area contributed by atoms with Crippen LogP contribution in [0, 0.1) is 6.92 Å². The highest BCUT2D eigenvalue weighted by molar-refractivity contribution is 7.99. The monoisotopic (exact) mass is 431 g/mol. The summed E-state index contributed by atoms with van der Waals surface area (Å²) in [5, 5.41) is 11.9. The van der Waals surface area contributed by atoms with Crippen molar-refractivity contribution < 1.29 is 13.9 Å². The molecule has 1 aromatic heterocycles. The van der Waals surface area contributed by atoms with Crippen LogP contribution in [0.25, 0.3) is 0 Å². The number of aryl methyl sites for hydroxylation is 3. The fourth-order valence-electron chi connectivity index (χ4n) is 2.63. The predicted octanol–water partition coefficient (Wildman–Crippen LogP) is 4.95. The van der Waals surface area contributed by atoms with E-state index in [4.69, 9.17) is 20.8 Å². The van der Waals surface area contributed by atoms with Gasteiger partial charge in [0, 0.05) is 17.1 Å². The van der Waals surface area contributed by atoms with E-state index in [0.717, 1.165) is 24.2 Å². The Balaban J connectivity index is 1.41. The maximum Gasteiger partial charge on any atom is 0.277 e. The van der Waals surface area contributed by atoms with Crippen LogP contribution in [-0.4, -0.2) is 29.0 Å². The Labute approximate surface area is 179 Å². The van der Waals surface area contributed by atoms with Crippen molar-refractivity contribution in [2.24, 2.45) is 0 Å². The molecule has 1 heterocycles. The lowest BCUT2D eigenvalue weighted by Gasteiger charge is -2.05. The number of hydrogen-bond donors (Lipinski definition) is 1. The van der Waals surface area contributed by atoms with Gasteiger partial charge < -0.3 is 14.5 Å². The Morgan fingerprint density at radius 2 is 1.97 bits per heavy atom. The van der Waals surface area contributed by atoms with Crippen molar-refractivity contribution in [1.82, 2.24) is 10.2 Å². The summed E-state index contributed by atoms with van der Waals surface area (Å²) < 4.78 is 10.8. The lowest BCUT2D eigenvalue weighted by molar-refractivity contribution is -0.113. The minimum Gasteiger partial charge on any atom is -0.497 e. The van der Waals surface area contributed by atoms with Gasteiger partial charge in [0.2, 0.25) is 11.8 Å². The summed E-state index contributed by atoms with van der Waals surface area (Å²) in [6, 6.07) is 13.4. The summed E-state index contributed by atoms with van der Waals surface area (Å²) in [6.45, 7) is 1.91. The maximum absolute atomic E-state index is 12.1. The summed E-state index contributed by atoms with van der Waals surface area (Å²) in [4.78, 5) is 12.1. The van der Waals surface area contributed by atoms with E-state index in [1.165, 1.54) is 17.3 Å². The molecular formula is C21H22ClN3O3S. The van der Waals surface area contributed by atoms with Crippen molar-refractivity contribution in [1.29, 1.82) is 0 Å². The van der Waals surface area contributed by atoms with Crippen LogP contribution in [0.3, 0.4) is 0 Å². The number of ether oxygens (including phenoxy) is 1. The number of anilines is 1. The number of benzene rings is 2. The molecule has 0 saturated heterocycles. The first-order chi connectivity index (χ1) is 14.0. The van der Waals surface area contributed by atoms with E-state index in [0.29, 0.717) is 28.2 Å². The highest BCUT2D eigenvalue weighted by atomic mass is 35.5. The molecule has 3 rings (SSSR count). The molecule has 2 aromatic carbocycles. The number of hydrogen-bond acceptors (Lipinski definition) is 6. The first-order valence-electron chi connectivity index (χ1n) is 9.17. The van der Waals surface area contributed by atoms with E-state index in [-0.39, 0.29) is 11.7 Å². The Kier molecular flexibility index (Phi) is 7.55. The Morgan fingerprint density at radius 3 is 2.69 bits per heavy atom. The molecule has 1 N–H and O–H groups in total. The average Bonchev–Trinajstić information content (AvgIpc) is 3.17. The highest BCUT2D eigenvalue weighted by Gasteiger charge is 2.10. The molecule has 29 heavy (non-hydrogen) atoms.